The number of carbonyl (C=O) groups is 1. The standard InChI is InChI=1S/C25H26N2O2S/c1-3-18(2)22-11-7-8-12-23(22)26-25(30)27-24(28)20-13-15-21(16-14-20)29-17-19-9-5-4-6-10-19/h4-16,18H,3,17H2,1-2H3,(H2,26,27,28,30)/t18-/m1/s1. The molecule has 0 spiro atoms. The molecule has 0 bridgehead atoms. The average Bonchev–Trinajstić information content (AvgIpc) is 2.78. The second-order valence-corrected chi connectivity index (χ2v) is 7.51. The van der Waals surface area contributed by atoms with E-state index in [-0.39, 0.29) is 11.0 Å². The highest BCUT2D eigenvalue weighted by atomic mass is 32.1. The first-order valence-electron chi connectivity index (χ1n) is 10.0. The molecule has 0 aliphatic heterocycles. The third-order valence-corrected chi connectivity index (χ3v) is 5.15. The molecule has 5 heteroatoms. The predicted octanol–water partition coefficient (Wildman–Crippen LogP) is 5.91. The minimum absolute atomic E-state index is 0.261. The van der Waals surface area contributed by atoms with Crippen LogP contribution in [0.5, 0.6) is 5.75 Å². The van der Waals surface area contributed by atoms with E-state index in [1.807, 2.05) is 48.5 Å². The van der Waals surface area contributed by atoms with Crippen molar-refractivity contribution in [3.05, 3.63) is 95.6 Å². The van der Waals surface area contributed by atoms with Gasteiger partial charge >= 0.3 is 0 Å². The fourth-order valence-electron chi connectivity index (χ4n) is 3.03. The van der Waals surface area contributed by atoms with Crippen molar-refractivity contribution in [1.82, 2.24) is 5.32 Å². The Morgan fingerprint density at radius 1 is 0.967 bits per heavy atom. The van der Waals surface area contributed by atoms with Crippen molar-refractivity contribution in [1.29, 1.82) is 0 Å². The second kappa shape index (κ2) is 10.6. The van der Waals surface area contributed by atoms with Crippen LogP contribution < -0.4 is 15.4 Å². The molecule has 0 saturated heterocycles. The van der Waals surface area contributed by atoms with Gasteiger partial charge in [0.15, 0.2) is 5.11 Å². The first-order chi connectivity index (χ1) is 14.6. The fourth-order valence-corrected chi connectivity index (χ4v) is 3.24. The Labute approximate surface area is 183 Å². The van der Waals surface area contributed by atoms with E-state index in [1.54, 1.807) is 24.3 Å². The zero-order chi connectivity index (χ0) is 21.3. The lowest BCUT2D eigenvalue weighted by Crippen LogP contribution is -2.34. The Balaban J connectivity index is 1.56. The van der Waals surface area contributed by atoms with E-state index in [0.717, 1.165) is 17.7 Å². The van der Waals surface area contributed by atoms with Gasteiger partial charge in [-0.05, 0) is 66.0 Å². The third-order valence-electron chi connectivity index (χ3n) is 4.94. The van der Waals surface area contributed by atoms with E-state index in [1.165, 1.54) is 5.56 Å². The third kappa shape index (κ3) is 5.91. The molecule has 4 nitrogen and oxygen atoms in total. The molecule has 154 valence electrons. The average molecular weight is 419 g/mol. The molecular weight excluding hydrogens is 392 g/mol. The van der Waals surface area contributed by atoms with Gasteiger partial charge in [-0.2, -0.15) is 0 Å². The summed E-state index contributed by atoms with van der Waals surface area (Å²) in [5.41, 5.74) is 3.70. The minimum atomic E-state index is -0.261. The molecule has 0 saturated carbocycles. The molecule has 0 radical (unpaired) electrons. The summed E-state index contributed by atoms with van der Waals surface area (Å²) in [6.45, 7) is 4.80. The van der Waals surface area contributed by atoms with E-state index in [2.05, 4.69) is 30.5 Å². The van der Waals surface area contributed by atoms with E-state index in [0.29, 0.717) is 23.8 Å². The van der Waals surface area contributed by atoms with Gasteiger partial charge in [-0.1, -0.05) is 62.4 Å². The molecule has 0 heterocycles. The molecule has 30 heavy (non-hydrogen) atoms. The SMILES string of the molecule is CC[C@@H](C)c1ccccc1NC(=S)NC(=O)c1ccc(OCc2ccccc2)cc1. The van der Waals surface area contributed by atoms with Crippen molar-refractivity contribution < 1.29 is 9.53 Å². The summed E-state index contributed by atoms with van der Waals surface area (Å²) in [5.74, 6) is 0.845. The molecule has 3 rings (SSSR count). The molecule has 0 aliphatic rings. The van der Waals surface area contributed by atoms with E-state index < -0.39 is 0 Å². The molecule has 2 N–H and O–H groups in total. The number of carbonyl (C=O) groups excluding carboxylic acids is 1. The highest BCUT2D eigenvalue weighted by Crippen LogP contribution is 2.26. The van der Waals surface area contributed by atoms with Crippen molar-refractivity contribution in [2.24, 2.45) is 0 Å². The van der Waals surface area contributed by atoms with Crippen LogP contribution in [0.15, 0.2) is 78.9 Å². The highest BCUT2D eigenvalue weighted by molar-refractivity contribution is 7.80. The van der Waals surface area contributed by atoms with Crippen molar-refractivity contribution in [3.63, 3.8) is 0 Å². The number of benzene rings is 3. The summed E-state index contributed by atoms with van der Waals surface area (Å²) < 4.78 is 5.76. The molecule has 0 aromatic heterocycles. The number of rotatable bonds is 7. The maximum Gasteiger partial charge on any atom is 0.257 e. The van der Waals surface area contributed by atoms with Crippen LogP contribution in [-0.4, -0.2) is 11.0 Å². The van der Waals surface area contributed by atoms with Gasteiger partial charge in [-0.3, -0.25) is 10.1 Å². The number of amides is 1. The Morgan fingerprint density at radius 2 is 1.63 bits per heavy atom. The maximum atomic E-state index is 12.5. The first kappa shape index (κ1) is 21.5. The molecular formula is C25H26N2O2S. The van der Waals surface area contributed by atoms with Crippen LogP contribution in [-0.2, 0) is 6.61 Å². The number of anilines is 1. The van der Waals surface area contributed by atoms with Crippen molar-refractivity contribution in [3.8, 4) is 5.75 Å². The van der Waals surface area contributed by atoms with E-state index in [4.69, 9.17) is 17.0 Å². The summed E-state index contributed by atoms with van der Waals surface area (Å²) in [6.07, 6.45) is 1.02. The number of para-hydroxylation sites is 1. The van der Waals surface area contributed by atoms with Crippen LogP contribution in [0.1, 0.15) is 47.7 Å². The van der Waals surface area contributed by atoms with Crippen LogP contribution >= 0.6 is 12.2 Å². The lowest BCUT2D eigenvalue weighted by molar-refractivity contribution is 0.0977. The molecule has 1 amide bonds. The summed E-state index contributed by atoms with van der Waals surface area (Å²) in [5, 5.41) is 6.18. The predicted molar refractivity (Wildman–Crippen MR) is 126 cm³/mol. The zero-order valence-corrected chi connectivity index (χ0v) is 18.0. The van der Waals surface area contributed by atoms with E-state index >= 15 is 0 Å². The van der Waals surface area contributed by atoms with Gasteiger partial charge in [-0.15, -0.1) is 0 Å². The smallest absolute Gasteiger partial charge is 0.257 e. The quantitative estimate of drug-likeness (QED) is 0.469. The Hall–Kier alpha value is -3.18. The molecule has 3 aromatic rings. The van der Waals surface area contributed by atoms with Crippen LogP contribution in [0.4, 0.5) is 5.69 Å². The molecule has 0 unspecified atom stereocenters. The van der Waals surface area contributed by atoms with Crippen molar-refractivity contribution >= 4 is 28.9 Å². The highest BCUT2D eigenvalue weighted by Gasteiger charge is 2.12. The number of nitrogens with one attached hydrogen (secondary N) is 2. The summed E-state index contributed by atoms with van der Waals surface area (Å²) in [4.78, 5) is 12.5. The molecule has 0 aliphatic carbocycles. The number of hydrogen-bond acceptors (Lipinski definition) is 3. The normalized spacial score (nSPS) is 11.4. The Kier molecular flexibility index (Phi) is 7.57. The van der Waals surface area contributed by atoms with Crippen molar-refractivity contribution in [2.45, 2.75) is 32.8 Å². The fraction of sp³-hybridized carbons (Fsp3) is 0.200. The number of thiocarbonyl (C=S) groups is 1. The van der Waals surface area contributed by atoms with Gasteiger partial charge in [0.1, 0.15) is 12.4 Å². The van der Waals surface area contributed by atoms with Gasteiger partial charge in [-0.25, -0.2) is 0 Å². The lowest BCUT2D eigenvalue weighted by atomic mass is 9.97. The summed E-state index contributed by atoms with van der Waals surface area (Å²) in [7, 11) is 0. The van der Waals surface area contributed by atoms with Gasteiger partial charge in [0.05, 0.1) is 0 Å². The lowest BCUT2D eigenvalue weighted by Gasteiger charge is -2.17. The van der Waals surface area contributed by atoms with Gasteiger partial charge in [0, 0.05) is 11.3 Å². The number of ether oxygens (including phenoxy) is 1. The minimum Gasteiger partial charge on any atom is -0.489 e. The van der Waals surface area contributed by atoms with Crippen molar-refractivity contribution in [2.75, 3.05) is 5.32 Å². The first-order valence-corrected chi connectivity index (χ1v) is 10.5. The Morgan fingerprint density at radius 3 is 2.33 bits per heavy atom. The van der Waals surface area contributed by atoms with Gasteiger partial charge in [0.25, 0.3) is 5.91 Å². The number of hydrogen-bond donors (Lipinski definition) is 2. The summed E-state index contributed by atoms with van der Waals surface area (Å²) >= 11 is 5.35. The largest absolute Gasteiger partial charge is 0.489 e. The second-order valence-electron chi connectivity index (χ2n) is 7.10. The Bertz CT molecular complexity index is 988. The van der Waals surface area contributed by atoms with E-state index in [9.17, 15) is 4.79 Å². The molecule has 0 fully saturated rings. The monoisotopic (exact) mass is 418 g/mol. The summed E-state index contributed by atoms with van der Waals surface area (Å²) in [6, 6.07) is 25.0. The molecule has 3 aromatic carbocycles. The van der Waals surface area contributed by atoms with Gasteiger partial charge in [0.2, 0.25) is 0 Å². The topological polar surface area (TPSA) is 50.4 Å². The van der Waals surface area contributed by atoms with Crippen LogP contribution in [0, 0.1) is 0 Å². The van der Waals surface area contributed by atoms with Gasteiger partial charge < -0.3 is 10.1 Å². The van der Waals surface area contributed by atoms with Crippen LogP contribution in [0.2, 0.25) is 0 Å². The van der Waals surface area contributed by atoms with Crippen LogP contribution in [0.25, 0.3) is 0 Å². The maximum absolute atomic E-state index is 12.5. The molecule has 1 atom stereocenters. The zero-order valence-electron chi connectivity index (χ0n) is 17.2. The van der Waals surface area contributed by atoms with Crippen LogP contribution in [0.3, 0.4) is 0 Å².